The van der Waals surface area contributed by atoms with Crippen molar-refractivity contribution >= 4 is 11.9 Å². The number of carboxylic acid groups (broad SMARTS) is 1. The molecule has 0 spiro atoms. The molecule has 1 unspecified atom stereocenters. The topological polar surface area (TPSA) is 75.4 Å². The van der Waals surface area contributed by atoms with Crippen molar-refractivity contribution < 1.29 is 14.7 Å². The number of amides is 1. The molecule has 6 nitrogen and oxygen atoms in total. The van der Waals surface area contributed by atoms with Gasteiger partial charge in [-0.15, -0.1) is 0 Å². The maximum Gasteiger partial charge on any atom is 0.303 e. The Morgan fingerprint density at radius 2 is 2.28 bits per heavy atom. The summed E-state index contributed by atoms with van der Waals surface area (Å²) in [7, 11) is 1.74. The fraction of sp³-hybridized carbons (Fsp3) is 0.583. The minimum Gasteiger partial charge on any atom is -0.481 e. The van der Waals surface area contributed by atoms with E-state index < -0.39 is 5.97 Å². The molecule has 18 heavy (non-hydrogen) atoms. The largest absolute Gasteiger partial charge is 0.481 e. The predicted octanol–water partition coefficient (Wildman–Crippen LogP) is 0.665. The van der Waals surface area contributed by atoms with Gasteiger partial charge in [0.25, 0.3) is 5.91 Å². The molecule has 1 saturated heterocycles. The summed E-state index contributed by atoms with van der Waals surface area (Å²) in [5.74, 6) is -0.794. The Morgan fingerprint density at radius 3 is 2.83 bits per heavy atom. The van der Waals surface area contributed by atoms with Crippen molar-refractivity contribution in [3.05, 3.63) is 17.5 Å². The Labute approximate surface area is 105 Å². The number of carbonyl (C=O) groups is 2. The highest BCUT2D eigenvalue weighted by molar-refractivity contribution is 5.92. The van der Waals surface area contributed by atoms with Crippen LogP contribution in [0.5, 0.6) is 0 Å². The van der Waals surface area contributed by atoms with E-state index in [1.807, 2.05) is 6.92 Å². The van der Waals surface area contributed by atoms with Crippen molar-refractivity contribution in [3.63, 3.8) is 0 Å². The first-order chi connectivity index (χ1) is 8.47. The van der Waals surface area contributed by atoms with Gasteiger partial charge >= 0.3 is 5.97 Å². The van der Waals surface area contributed by atoms with Crippen molar-refractivity contribution in [3.8, 4) is 0 Å². The summed E-state index contributed by atoms with van der Waals surface area (Å²) in [5, 5.41) is 12.9. The first-order valence-electron chi connectivity index (χ1n) is 5.99. The summed E-state index contributed by atoms with van der Waals surface area (Å²) in [5.41, 5.74) is 1.37. The fourth-order valence-corrected chi connectivity index (χ4v) is 2.40. The van der Waals surface area contributed by atoms with Crippen LogP contribution in [0.15, 0.2) is 6.07 Å². The van der Waals surface area contributed by atoms with Gasteiger partial charge in [0.2, 0.25) is 0 Å². The molecule has 1 aliphatic rings. The van der Waals surface area contributed by atoms with Crippen LogP contribution >= 0.6 is 0 Å². The van der Waals surface area contributed by atoms with Crippen LogP contribution in [0.2, 0.25) is 0 Å². The van der Waals surface area contributed by atoms with E-state index in [9.17, 15) is 9.59 Å². The average molecular weight is 251 g/mol. The smallest absolute Gasteiger partial charge is 0.303 e. The number of rotatable bonds is 3. The second-order valence-corrected chi connectivity index (χ2v) is 4.80. The average Bonchev–Trinajstić information content (AvgIpc) is 2.84. The zero-order chi connectivity index (χ0) is 13.3. The van der Waals surface area contributed by atoms with Crippen LogP contribution in [0.1, 0.15) is 29.0 Å². The molecule has 2 heterocycles. The normalized spacial score (nSPS) is 19.2. The summed E-state index contributed by atoms with van der Waals surface area (Å²) in [4.78, 5) is 24.6. The van der Waals surface area contributed by atoms with Crippen LogP contribution in [-0.2, 0) is 11.8 Å². The number of aliphatic carboxylic acids is 1. The molecule has 0 aromatic carbocycles. The molecule has 1 fully saturated rings. The number of hydrogen-bond acceptors (Lipinski definition) is 3. The molecule has 1 amide bonds. The Balaban J connectivity index is 2.03. The maximum atomic E-state index is 12.2. The summed E-state index contributed by atoms with van der Waals surface area (Å²) < 4.78 is 1.57. The fourth-order valence-electron chi connectivity index (χ4n) is 2.40. The quantitative estimate of drug-likeness (QED) is 0.856. The van der Waals surface area contributed by atoms with E-state index in [2.05, 4.69) is 5.10 Å². The maximum absolute atomic E-state index is 12.2. The number of carbonyl (C=O) groups excluding carboxylic acids is 1. The molecule has 98 valence electrons. The molecular weight excluding hydrogens is 234 g/mol. The zero-order valence-electron chi connectivity index (χ0n) is 10.6. The lowest BCUT2D eigenvalue weighted by atomic mass is 10.1. The molecule has 0 radical (unpaired) electrons. The molecule has 0 saturated carbocycles. The van der Waals surface area contributed by atoms with E-state index in [1.54, 1.807) is 22.7 Å². The van der Waals surface area contributed by atoms with Crippen molar-refractivity contribution in [2.75, 3.05) is 13.1 Å². The minimum absolute atomic E-state index is 0.0639. The Kier molecular flexibility index (Phi) is 3.36. The van der Waals surface area contributed by atoms with E-state index in [0.29, 0.717) is 18.8 Å². The summed E-state index contributed by atoms with van der Waals surface area (Å²) in [6.07, 6.45) is 0.892. The van der Waals surface area contributed by atoms with Gasteiger partial charge in [0.1, 0.15) is 5.69 Å². The first kappa shape index (κ1) is 12.6. The predicted molar refractivity (Wildman–Crippen MR) is 64.2 cm³/mol. The standard InChI is InChI=1S/C12H17N3O3/c1-8-5-10(14(2)13-8)12(18)15-4-3-9(7-15)6-11(16)17/h5,9H,3-4,6-7H2,1-2H3,(H,16,17). The monoisotopic (exact) mass is 251 g/mol. The highest BCUT2D eigenvalue weighted by Crippen LogP contribution is 2.21. The molecule has 2 rings (SSSR count). The molecule has 1 N–H and O–H groups in total. The van der Waals surface area contributed by atoms with Gasteiger partial charge < -0.3 is 10.0 Å². The molecule has 1 atom stereocenters. The van der Waals surface area contributed by atoms with Crippen LogP contribution < -0.4 is 0 Å². The van der Waals surface area contributed by atoms with E-state index in [0.717, 1.165) is 12.1 Å². The molecular formula is C12H17N3O3. The molecule has 0 aliphatic carbocycles. The van der Waals surface area contributed by atoms with Crippen LogP contribution in [0.25, 0.3) is 0 Å². The van der Waals surface area contributed by atoms with Gasteiger partial charge in [-0.25, -0.2) is 0 Å². The van der Waals surface area contributed by atoms with Crippen LogP contribution in [-0.4, -0.2) is 44.8 Å². The third-order valence-electron chi connectivity index (χ3n) is 3.26. The highest BCUT2D eigenvalue weighted by atomic mass is 16.4. The zero-order valence-corrected chi connectivity index (χ0v) is 10.6. The summed E-state index contributed by atoms with van der Waals surface area (Å²) >= 11 is 0. The lowest BCUT2D eigenvalue weighted by Gasteiger charge is -2.15. The Morgan fingerprint density at radius 1 is 1.56 bits per heavy atom. The van der Waals surface area contributed by atoms with Crippen LogP contribution in [0, 0.1) is 12.8 Å². The number of carboxylic acids is 1. The van der Waals surface area contributed by atoms with Crippen molar-refractivity contribution in [2.24, 2.45) is 13.0 Å². The molecule has 1 aliphatic heterocycles. The number of nitrogens with zero attached hydrogens (tertiary/aromatic N) is 3. The van der Waals surface area contributed by atoms with Crippen LogP contribution in [0.4, 0.5) is 0 Å². The van der Waals surface area contributed by atoms with Crippen LogP contribution in [0.3, 0.4) is 0 Å². The number of aromatic nitrogens is 2. The van der Waals surface area contributed by atoms with Gasteiger partial charge in [0.05, 0.1) is 5.69 Å². The lowest BCUT2D eigenvalue weighted by molar-refractivity contribution is -0.138. The van der Waals surface area contributed by atoms with E-state index in [-0.39, 0.29) is 18.2 Å². The molecule has 1 aromatic rings. The number of hydrogen-bond donors (Lipinski definition) is 1. The SMILES string of the molecule is Cc1cc(C(=O)N2CCC(CC(=O)O)C2)n(C)n1. The van der Waals surface area contributed by atoms with Crippen molar-refractivity contribution in [2.45, 2.75) is 19.8 Å². The second-order valence-electron chi connectivity index (χ2n) is 4.80. The van der Waals surface area contributed by atoms with Gasteiger partial charge in [-0.2, -0.15) is 5.10 Å². The van der Waals surface area contributed by atoms with Gasteiger partial charge in [-0.3, -0.25) is 14.3 Å². The summed E-state index contributed by atoms with van der Waals surface area (Å²) in [6.45, 7) is 2.99. The highest BCUT2D eigenvalue weighted by Gasteiger charge is 2.29. The van der Waals surface area contributed by atoms with Gasteiger partial charge in [-0.1, -0.05) is 0 Å². The van der Waals surface area contributed by atoms with Gasteiger partial charge in [0.15, 0.2) is 0 Å². The first-order valence-corrected chi connectivity index (χ1v) is 5.99. The second kappa shape index (κ2) is 4.80. The van der Waals surface area contributed by atoms with Gasteiger partial charge in [0, 0.05) is 26.6 Å². The number of likely N-dealkylation sites (tertiary alicyclic amines) is 1. The molecule has 0 bridgehead atoms. The summed E-state index contributed by atoms with van der Waals surface area (Å²) in [6, 6.07) is 1.76. The Bertz CT molecular complexity index is 481. The van der Waals surface area contributed by atoms with Crippen molar-refractivity contribution in [1.82, 2.24) is 14.7 Å². The number of aryl methyl sites for hydroxylation is 2. The minimum atomic E-state index is -0.800. The van der Waals surface area contributed by atoms with Crippen molar-refractivity contribution in [1.29, 1.82) is 0 Å². The third kappa shape index (κ3) is 2.52. The van der Waals surface area contributed by atoms with Gasteiger partial charge in [-0.05, 0) is 25.3 Å². The van der Waals surface area contributed by atoms with E-state index in [4.69, 9.17) is 5.11 Å². The lowest BCUT2D eigenvalue weighted by Crippen LogP contribution is -2.30. The van der Waals surface area contributed by atoms with E-state index in [1.165, 1.54) is 0 Å². The van der Waals surface area contributed by atoms with E-state index >= 15 is 0 Å². The third-order valence-corrected chi connectivity index (χ3v) is 3.26. The molecule has 1 aromatic heterocycles. The molecule has 6 heteroatoms. The Hall–Kier alpha value is -1.85.